The molecule has 0 spiro atoms. The highest BCUT2D eigenvalue weighted by atomic mass is 16.5. The lowest BCUT2D eigenvalue weighted by atomic mass is 10.1. The fraction of sp³-hybridized carbons (Fsp3) is 0.190. The Morgan fingerprint density at radius 3 is 2.82 bits per heavy atom. The van der Waals surface area contributed by atoms with E-state index in [0.717, 1.165) is 17.7 Å². The summed E-state index contributed by atoms with van der Waals surface area (Å²) in [6.07, 6.45) is 5.42. The molecule has 0 radical (unpaired) electrons. The average molecular weight is 376 g/mol. The highest BCUT2D eigenvalue weighted by molar-refractivity contribution is 5.77. The van der Waals surface area contributed by atoms with Crippen LogP contribution in [-0.4, -0.2) is 29.2 Å². The lowest BCUT2D eigenvalue weighted by molar-refractivity contribution is -0.123. The fourth-order valence-electron chi connectivity index (χ4n) is 2.68. The molecule has 7 heteroatoms. The minimum atomic E-state index is -0.244. The van der Waals surface area contributed by atoms with Gasteiger partial charge in [0.2, 0.25) is 0 Å². The Balaban J connectivity index is 1.51. The summed E-state index contributed by atoms with van der Waals surface area (Å²) in [5.41, 5.74) is 2.59. The lowest BCUT2D eigenvalue weighted by Gasteiger charge is -2.11. The third-order valence-electron chi connectivity index (χ3n) is 4.06. The summed E-state index contributed by atoms with van der Waals surface area (Å²) < 4.78 is 12.7. The second-order valence-electron chi connectivity index (χ2n) is 6.10. The Kier molecular flexibility index (Phi) is 6.26. The Bertz CT molecular complexity index is 978. The monoisotopic (exact) mass is 376 g/mol. The Labute approximate surface area is 163 Å². The highest BCUT2D eigenvalue weighted by Crippen LogP contribution is 2.27. The van der Waals surface area contributed by atoms with Gasteiger partial charge < -0.3 is 19.4 Å². The van der Waals surface area contributed by atoms with Crippen LogP contribution in [0.4, 0.5) is 0 Å². The van der Waals surface area contributed by atoms with E-state index in [4.69, 9.17) is 14.7 Å². The molecule has 1 heterocycles. The molecule has 3 rings (SSSR count). The van der Waals surface area contributed by atoms with Crippen LogP contribution in [0.25, 0.3) is 0 Å². The highest BCUT2D eigenvalue weighted by Gasteiger charge is 2.09. The molecular formula is C21H20N4O3. The standard InChI is InChI=1S/C21H20N4O3/c1-27-20-10-16(11-22)5-6-19(20)28-14-21(26)24-12-17-3-2-4-18(9-17)13-25-8-7-23-15-25/h2-10,15H,12-14H2,1H3,(H,24,26). The van der Waals surface area contributed by atoms with Crippen LogP contribution in [0.5, 0.6) is 11.5 Å². The smallest absolute Gasteiger partial charge is 0.258 e. The zero-order valence-corrected chi connectivity index (χ0v) is 15.5. The minimum Gasteiger partial charge on any atom is -0.493 e. The molecule has 1 aromatic heterocycles. The van der Waals surface area contributed by atoms with Crippen molar-refractivity contribution in [2.24, 2.45) is 0 Å². The number of hydrogen-bond donors (Lipinski definition) is 1. The first-order chi connectivity index (χ1) is 13.7. The van der Waals surface area contributed by atoms with Gasteiger partial charge in [0.05, 0.1) is 25.1 Å². The Morgan fingerprint density at radius 2 is 2.07 bits per heavy atom. The first-order valence-corrected chi connectivity index (χ1v) is 8.69. The number of aromatic nitrogens is 2. The Morgan fingerprint density at radius 1 is 1.21 bits per heavy atom. The quantitative estimate of drug-likeness (QED) is 0.652. The first-order valence-electron chi connectivity index (χ1n) is 8.69. The van der Waals surface area contributed by atoms with Crippen molar-refractivity contribution < 1.29 is 14.3 Å². The van der Waals surface area contributed by atoms with Crippen LogP contribution < -0.4 is 14.8 Å². The molecule has 2 aromatic carbocycles. The SMILES string of the molecule is COc1cc(C#N)ccc1OCC(=O)NCc1cccc(Cn2ccnc2)c1. The number of ether oxygens (including phenoxy) is 2. The Hall–Kier alpha value is -3.79. The van der Waals surface area contributed by atoms with E-state index in [0.29, 0.717) is 23.6 Å². The molecule has 1 amide bonds. The van der Waals surface area contributed by atoms with Gasteiger partial charge in [0.1, 0.15) is 0 Å². The van der Waals surface area contributed by atoms with E-state index >= 15 is 0 Å². The predicted octanol–water partition coefficient (Wildman–Crippen LogP) is 2.51. The van der Waals surface area contributed by atoms with Crippen molar-refractivity contribution >= 4 is 5.91 Å². The number of carbonyl (C=O) groups is 1. The average Bonchev–Trinajstić information content (AvgIpc) is 3.23. The van der Waals surface area contributed by atoms with Crippen molar-refractivity contribution in [3.8, 4) is 17.6 Å². The van der Waals surface area contributed by atoms with Crippen LogP contribution >= 0.6 is 0 Å². The number of rotatable bonds is 8. The normalized spacial score (nSPS) is 10.1. The summed E-state index contributed by atoms with van der Waals surface area (Å²) in [7, 11) is 1.49. The number of imidazole rings is 1. The van der Waals surface area contributed by atoms with Gasteiger partial charge >= 0.3 is 0 Å². The molecule has 28 heavy (non-hydrogen) atoms. The summed E-state index contributed by atoms with van der Waals surface area (Å²) in [4.78, 5) is 16.1. The predicted molar refractivity (Wildman–Crippen MR) is 103 cm³/mol. The summed E-state index contributed by atoms with van der Waals surface area (Å²) in [6.45, 7) is 0.991. The number of hydrogen-bond acceptors (Lipinski definition) is 5. The second kappa shape index (κ2) is 9.24. The topological polar surface area (TPSA) is 89.2 Å². The van der Waals surface area contributed by atoms with Gasteiger partial charge in [-0.1, -0.05) is 24.3 Å². The lowest BCUT2D eigenvalue weighted by Crippen LogP contribution is -2.28. The molecule has 3 aromatic rings. The van der Waals surface area contributed by atoms with E-state index in [-0.39, 0.29) is 12.5 Å². The molecule has 0 atom stereocenters. The van der Waals surface area contributed by atoms with Gasteiger partial charge in [-0.2, -0.15) is 5.26 Å². The van der Waals surface area contributed by atoms with Gasteiger partial charge in [0.25, 0.3) is 5.91 Å². The van der Waals surface area contributed by atoms with Crippen molar-refractivity contribution in [2.45, 2.75) is 13.1 Å². The minimum absolute atomic E-state index is 0.142. The van der Waals surface area contributed by atoms with Crippen LogP contribution in [0.15, 0.2) is 61.2 Å². The number of carbonyl (C=O) groups excluding carboxylic acids is 1. The molecule has 0 unspecified atom stereocenters. The summed E-state index contributed by atoms with van der Waals surface area (Å²) >= 11 is 0. The third-order valence-corrected chi connectivity index (χ3v) is 4.06. The summed E-state index contributed by atoms with van der Waals surface area (Å²) in [5, 5.41) is 11.8. The van der Waals surface area contributed by atoms with Crippen molar-refractivity contribution in [1.29, 1.82) is 5.26 Å². The number of amides is 1. The maximum Gasteiger partial charge on any atom is 0.258 e. The van der Waals surface area contributed by atoms with Gasteiger partial charge in [0.15, 0.2) is 18.1 Å². The molecule has 0 saturated carbocycles. The van der Waals surface area contributed by atoms with Crippen LogP contribution in [0.1, 0.15) is 16.7 Å². The van der Waals surface area contributed by atoms with Gasteiger partial charge in [-0.25, -0.2) is 4.98 Å². The van der Waals surface area contributed by atoms with E-state index in [1.54, 1.807) is 30.7 Å². The van der Waals surface area contributed by atoms with Gasteiger partial charge in [-0.3, -0.25) is 4.79 Å². The number of nitrogens with one attached hydrogen (secondary N) is 1. The number of nitriles is 1. The van der Waals surface area contributed by atoms with Gasteiger partial charge in [0, 0.05) is 31.5 Å². The van der Waals surface area contributed by atoms with Crippen LogP contribution in [-0.2, 0) is 17.9 Å². The van der Waals surface area contributed by atoms with Gasteiger partial charge in [-0.15, -0.1) is 0 Å². The number of methoxy groups -OCH3 is 1. The number of benzene rings is 2. The fourth-order valence-corrected chi connectivity index (χ4v) is 2.68. The largest absolute Gasteiger partial charge is 0.493 e. The van der Waals surface area contributed by atoms with Crippen molar-refractivity contribution in [2.75, 3.05) is 13.7 Å². The van der Waals surface area contributed by atoms with E-state index < -0.39 is 0 Å². The molecule has 7 nitrogen and oxygen atoms in total. The third kappa shape index (κ3) is 5.11. The van der Waals surface area contributed by atoms with Crippen molar-refractivity contribution in [1.82, 2.24) is 14.9 Å². The van der Waals surface area contributed by atoms with Crippen LogP contribution in [0.3, 0.4) is 0 Å². The van der Waals surface area contributed by atoms with Gasteiger partial charge in [-0.05, 0) is 23.3 Å². The molecule has 0 aliphatic heterocycles. The molecule has 0 bridgehead atoms. The molecule has 142 valence electrons. The van der Waals surface area contributed by atoms with Crippen LogP contribution in [0, 0.1) is 11.3 Å². The van der Waals surface area contributed by atoms with Crippen LogP contribution in [0.2, 0.25) is 0 Å². The molecule has 0 aliphatic rings. The summed E-state index contributed by atoms with van der Waals surface area (Å²) in [5.74, 6) is 0.587. The van der Waals surface area contributed by atoms with E-state index in [2.05, 4.69) is 10.3 Å². The number of nitrogens with zero attached hydrogens (tertiary/aromatic N) is 3. The van der Waals surface area contributed by atoms with E-state index in [1.807, 2.05) is 41.1 Å². The van der Waals surface area contributed by atoms with E-state index in [9.17, 15) is 4.79 Å². The molecular weight excluding hydrogens is 356 g/mol. The molecule has 1 N–H and O–H groups in total. The van der Waals surface area contributed by atoms with Crippen molar-refractivity contribution in [3.05, 3.63) is 77.9 Å². The molecule has 0 fully saturated rings. The molecule has 0 aliphatic carbocycles. The maximum absolute atomic E-state index is 12.1. The van der Waals surface area contributed by atoms with E-state index in [1.165, 1.54) is 7.11 Å². The molecule has 0 saturated heterocycles. The van der Waals surface area contributed by atoms with Crippen molar-refractivity contribution in [3.63, 3.8) is 0 Å². The first kappa shape index (κ1) is 19.0. The summed E-state index contributed by atoms with van der Waals surface area (Å²) in [6, 6.07) is 14.8. The zero-order chi connectivity index (χ0) is 19.8. The maximum atomic E-state index is 12.1. The second-order valence-corrected chi connectivity index (χ2v) is 6.10. The zero-order valence-electron chi connectivity index (χ0n) is 15.5.